The summed E-state index contributed by atoms with van der Waals surface area (Å²) >= 11 is 0. The van der Waals surface area contributed by atoms with Crippen molar-refractivity contribution in [3.8, 4) is 11.5 Å². The lowest BCUT2D eigenvalue weighted by atomic mass is 9.94. The van der Waals surface area contributed by atoms with Crippen LogP contribution in [0.3, 0.4) is 0 Å². The molecule has 1 aliphatic rings. The van der Waals surface area contributed by atoms with Gasteiger partial charge in [0.05, 0.1) is 18.2 Å². The predicted octanol–water partition coefficient (Wildman–Crippen LogP) is 5.98. The second-order valence-corrected chi connectivity index (χ2v) is 9.71. The third kappa shape index (κ3) is 4.71. The molecule has 1 unspecified atom stereocenters. The molecule has 0 aromatic heterocycles. The van der Waals surface area contributed by atoms with Gasteiger partial charge in [0.2, 0.25) is 0 Å². The Hall–Kier alpha value is -4.06. The summed E-state index contributed by atoms with van der Waals surface area (Å²) in [5, 5.41) is 21.2. The lowest BCUT2D eigenvalue weighted by molar-refractivity contribution is -0.132. The number of benzene rings is 3. The van der Waals surface area contributed by atoms with Gasteiger partial charge in [-0.25, -0.2) is 0 Å². The molecule has 6 heteroatoms. The zero-order valence-corrected chi connectivity index (χ0v) is 21.2. The number of ketones is 1. The number of aryl methyl sites for hydroxylation is 3. The maximum Gasteiger partial charge on any atom is 0.300 e. The van der Waals surface area contributed by atoms with E-state index in [2.05, 4.69) is 13.8 Å². The summed E-state index contributed by atoms with van der Waals surface area (Å²) in [4.78, 5) is 28.1. The highest BCUT2D eigenvalue weighted by Gasteiger charge is 2.47. The van der Waals surface area contributed by atoms with E-state index in [1.54, 1.807) is 36.4 Å². The number of anilines is 1. The average molecular weight is 486 g/mol. The number of nitrogens with zero attached hydrogens (tertiary/aromatic N) is 1. The first kappa shape index (κ1) is 25.0. The quantitative estimate of drug-likeness (QED) is 0.255. The monoisotopic (exact) mass is 485 g/mol. The van der Waals surface area contributed by atoms with Gasteiger partial charge in [0, 0.05) is 11.3 Å². The summed E-state index contributed by atoms with van der Waals surface area (Å²) in [6.45, 7) is 10.5. The molecule has 3 aromatic rings. The fraction of sp³-hybridized carbons (Fsp3) is 0.267. The third-order valence-corrected chi connectivity index (χ3v) is 6.44. The lowest BCUT2D eigenvalue weighted by Gasteiger charge is -2.26. The molecular weight excluding hydrogens is 454 g/mol. The fourth-order valence-corrected chi connectivity index (χ4v) is 4.32. The van der Waals surface area contributed by atoms with Gasteiger partial charge in [-0.15, -0.1) is 0 Å². The average Bonchev–Trinajstić information content (AvgIpc) is 3.10. The molecule has 1 aliphatic heterocycles. The number of hydrogen-bond acceptors (Lipinski definition) is 5. The van der Waals surface area contributed by atoms with Crippen molar-refractivity contribution in [2.24, 2.45) is 5.92 Å². The Morgan fingerprint density at radius 2 is 1.61 bits per heavy atom. The molecule has 6 nitrogen and oxygen atoms in total. The van der Waals surface area contributed by atoms with Crippen LogP contribution in [0.15, 0.2) is 66.2 Å². The van der Waals surface area contributed by atoms with Gasteiger partial charge >= 0.3 is 0 Å². The molecule has 1 fully saturated rings. The highest BCUT2D eigenvalue weighted by molar-refractivity contribution is 6.51. The number of carbonyl (C=O) groups excluding carboxylic acids is 2. The lowest BCUT2D eigenvalue weighted by Crippen LogP contribution is -2.29. The fourth-order valence-electron chi connectivity index (χ4n) is 4.32. The van der Waals surface area contributed by atoms with E-state index in [9.17, 15) is 19.8 Å². The van der Waals surface area contributed by atoms with Gasteiger partial charge in [0.15, 0.2) is 0 Å². The van der Waals surface area contributed by atoms with Gasteiger partial charge in [-0.1, -0.05) is 32.0 Å². The van der Waals surface area contributed by atoms with Gasteiger partial charge in [-0.2, -0.15) is 0 Å². The second kappa shape index (κ2) is 9.90. The van der Waals surface area contributed by atoms with Gasteiger partial charge in [-0.3, -0.25) is 14.5 Å². The van der Waals surface area contributed by atoms with E-state index in [-0.39, 0.29) is 17.1 Å². The number of aliphatic hydroxyl groups is 1. The number of carbonyl (C=O) groups is 2. The van der Waals surface area contributed by atoms with Crippen LogP contribution in [0.1, 0.15) is 47.7 Å². The van der Waals surface area contributed by atoms with Crippen LogP contribution in [0.25, 0.3) is 5.76 Å². The van der Waals surface area contributed by atoms with Crippen molar-refractivity contribution in [2.45, 2.75) is 40.7 Å². The minimum atomic E-state index is -0.857. The molecule has 0 aliphatic carbocycles. The third-order valence-electron chi connectivity index (χ3n) is 6.44. The first-order valence-corrected chi connectivity index (χ1v) is 12.0. The van der Waals surface area contributed by atoms with E-state index in [0.29, 0.717) is 35.1 Å². The molecule has 0 bridgehead atoms. The number of hydrogen-bond donors (Lipinski definition) is 2. The zero-order chi connectivity index (χ0) is 26.1. The molecule has 0 radical (unpaired) electrons. The summed E-state index contributed by atoms with van der Waals surface area (Å²) in [6, 6.07) is 16.2. The number of phenols is 1. The van der Waals surface area contributed by atoms with Gasteiger partial charge in [0.1, 0.15) is 17.3 Å². The van der Waals surface area contributed by atoms with Crippen molar-refractivity contribution in [3.05, 3.63) is 94.1 Å². The minimum Gasteiger partial charge on any atom is -0.508 e. The van der Waals surface area contributed by atoms with E-state index in [1.807, 2.05) is 32.9 Å². The van der Waals surface area contributed by atoms with E-state index in [4.69, 9.17) is 4.74 Å². The van der Waals surface area contributed by atoms with Crippen LogP contribution in [0, 0.1) is 26.7 Å². The minimum absolute atomic E-state index is 0.000772. The normalized spacial score (nSPS) is 17.2. The Kier molecular flexibility index (Phi) is 6.88. The van der Waals surface area contributed by atoms with E-state index in [0.717, 1.165) is 16.7 Å². The van der Waals surface area contributed by atoms with Crippen molar-refractivity contribution in [1.82, 2.24) is 0 Å². The van der Waals surface area contributed by atoms with Crippen LogP contribution in [-0.4, -0.2) is 28.5 Å². The Morgan fingerprint density at radius 3 is 2.22 bits per heavy atom. The largest absolute Gasteiger partial charge is 0.508 e. The van der Waals surface area contributed by atoms with Crippen LogP contribution < -0.4 is 9.64 Å². The molecular formula is C30H31NO5. The number of aromatic hydroxyl groups is 1. The number of Topliss-reactive ketones (excluding diaryl/α,β-unsaturated/α-hetero) is 1. The Balaban J connectivity index is 1.86. The van der Waals surface area contributed by atoms with Crippen LogP contribution in [0.2, 0.25) is 0 Å². The molecule has 1 heterocycles. The maximum absolute atomic E-state index is 13.4. The standard InChI is InChI=1S/C30H31NO5/c1-17(2)16-36-25-13-9-22(14-20(25)5)28(33)26-27(21-7-11-24(32)12-8-21)31(30(35)29(26)34)23-10-6-18(3)19(4)15-23/h6-15,17,27,32-33H,16H2,1-5H3/b28-26+. The van der Waals surface area contributed by atoms with E-state index >= 15 is 0 Å². The molecule has 1 atom stereocenters. The topological polar surface area (TPSA) is 87.1 Å². The Morgan fingerprint density at radius 1 is 0.917 bits per heavy atom. The molecule has 36 heavy (non-hydrogen) atoms. The summed E-state index contributed by atoms with van der Waals surface area (Å²) in [6.07, 6.45) is 0. The summed E-state index contributed by atoms with van der Waals surface area (Å²) < 4.78 is 5.84. The molecule has 3 aromatic carbocycles. The molecule has 4 rings (SSSR count). The van der Waals surface area contributed by atoms with E-state index in [1.165, 1.54) is 17.0 Å². The smallest absolute Gasteiger partial charge is 0.300 e. The number of ether oxygens (including phenoxy) is 1. The van der Waals surface area contributed by atoms with Crippen LogP contribution in [0.4, 0.5) is 5.69 Å². The van der Waals surface area contributed by atoms with Crippen LogP contribution in [0.5, 0.6) is 11.5 Å². The van der Waals surface area contributed by atoms with E-state index < -0.39 is 17.7 Å². The summed E-state index contributed by atoms with van der Waals surface area (Å²) in [5.41, 5.74) is 4.43. The highest BCUT2D eigenvalue weighted by Crippen LogP contribution is 2.43. The van der Waals surface area contributed by atoms with Crippen molar-refractivity contribution in [2.75, 3.05) is 11.5 Å². The van der Waals surface area contributed by atoms with Gasteiger partial charge in [-0.05, 0) is 91.4 Å². The number of aliphatic hydroxyl groups excluding tert-OH is 1. The van der Waals surface area contributed by atoms with Crippen molar-refractivity contribution in [1.29, 1.82) is 0 Å². The molecule has 0 saturated carbocycles. The predicted molar refractivity (Wildman–Crippen MR) is 140 cm³/mol. The molecule has 186 valence electrons. The maximum atomic E-state index is 13.4. The summed E-state index contributed by atoms with van der Waals surface area (Å²) in [7, 11) is 0. The van der Waals surface area contributed by atoms with Gasteiger partial charge in [0.25, 0.3) is 11.7 Å². The number of phenolic OH excluding ortho intramolecular Hbond substituents is 1. The summed E-state index contributed by atoms with van der Waals surface area (Å²) in [5.74, 6) is -0.603. The van der Waals surface area contributed by atoms with Crippen molar-refractivity contribution < 1.29 is 24.5 Å². The molecule has 0 spiro atoms. The van der Waals surface area contributed by atoms with Crippen LogP contribution in [-0.2, 0) is 9.59 Å². The van der Waals surface area contributed by atoms with Crippen molar-refractivity contribution in [3.63, 3.8) is 0 Å². The number of rotatable bonds is 6. The molecule has 1 saturated heterocycles. The Labute approximate surface area is 211 Å². The SMILES string of the molecule is Cc1ccc(N2C(=O)C(=O)/C(=C(/O)c3ccc(OCC(C)C)c(C)c3)C2c2ccc(O)cc2)cc1C. The first-order chi connectivity index (χ1) is 17.1. The zero-order valence-electron chi connectivity index (χ0n) is 21.2. The number of amides is 1. The van der Waals surface area contributed by atoms with Crippen molar-refractivity contribution >= 4 is 23.1 Å². The Bertz CT molecular complexity index is 1350. The van der Waals surface area contributed by atoms with Gasteiger partial charge < -0.3 is 14.9 Å². The second-order valence-electron chi connectivity index (χ2n) is 9.71. The molecule has 1 amide bonds. The highest BCUT2D eigenvalue weighted by atomic mass is 16.5. The first-order valence-electron chi connectivity index (χ1n) is 12.0. The molecule has 2 N–H and O–H groups in total. The van der Waals surface area contributed by atoms with Crippen LogP contribution >= 0.6 is 0 Å².